The van der Waals surface area contributed by atoms with Crippen LogP contribution in [0.4, 0.5) is 5.69 Å². The summed E-state index contributed by atoms with van der Waals surface area (Å²) in [6.45, 7) is 1.67. The van der Waals surface area contributed by atoms with E-state index < -0.39 is 11.9 Å². The first kappa shape index (κ1) is 10.5. The maximum absolute atomic E-state index is 11.0. The molecule has 82 valence electrons. The first-order chi connectivity index (χ1) is 7.59. The Balaban J connectivity index is 2.72. The van der Waals surface area contributed by atoms with Gasteiger partial charge in [-0.3, -0.25) is 4.79 Å². The molecule has 1 atom stereocenters. The average molecular weight is 215 g/mol. The number of carboxylic acid groups (broad SMARTS) is 1. The molecule has 0 aliphatic carbocycles. The standard InChI is InChI=1S/C13H13NO2/c1-8(13(15)16)12-7-10(14)6-9-4-2-3-5-11(9)12/h2-8H,14H2,1H3,(H,15,16). The highest BCUT2D eigenvalue weighted by atomic mass is 16.4. The number of nitrogens with two attached hydrogens (primary N) is 1. The van der Waals surface area contributed by atoms with Crippen molar-refractivity contribution in [3.8, 4) is 0 Å². The second kappa shape index (κ2) is 3.85. The van der Waals surface area contributed by atoms with Gasteiger partial charge in [0.25, 0.3) is 0 Å². The van der Waals surface area contributed by atoms with Gasteiger partial charge in [0, 0.05) is 5.69 Å². The minimum atomic E-state index is -0.837. The van der Waals surface area contributed by atoms with Crippen LogP contribution in [0.1, 0.15) is 18.4 Å². The Morgan fingerprint density at radius 2 is 2.00 bits per heavy atom. The van der Waals surface area contributed by atoms with Crippen LogP contribution in [0.2, 0.25) is 0 Å². The maximum atomic E-state index is 11.0. The molecule has 0 radical (unpaired) electrons. The van der Waals surface area contributed by atoms with Gasteiger partial charge < -0.3 is 10.8 Å². The predicted molar refractivity (Wildman–Crippen MR) is 64.4 cm³/mol. The number of fused-ring (bicyclic) bond motifs is 1. The summed E-state index contributed by atoms with van der Waals surface area (Å²) in [6, 6.07) is 11.3. The fourth-order valence-corrected chi connectivity index (χ4v) is 1.86. The number of carboxylic acids is 1. The lowest BCUT2D eigenvalue weighted by Crippen LogP contribution is -2.08. The van der Waals surface area contributed by atoms with Gasteiger partial charge in [-0.15, -0.1) is 0 Å². The summed E-state index contributed by atoms with van der Waals surface area (Å²) in [4.78, 5) is 11.0. The molecule has 16 heavy (non-hydrogen) atoms. The Morgan fingerprint density at radius 1 is 1.31 bits per heavy atom. The third-order valence-electron chi connectivity index (χ3n) is 2.75. The number of hydrogen-bond acceptors (Lipinski definition) is 2. The second-order valence-electron chi connectivity index (χ2n) is 3.89. The lowest BCUT2D eigenvalue weighted by atomic mass is 9.94. The van der Waals surface area contributed by atoms with Crippen molar-refractivity contribution >= 4 is 22.4 Å². The van der Waals surface area contributed by atoms with Crippen LogP contribution in [0.25, 0.3) is 10.8 Å². The van der Waals surface area contributed by atoms with Gasteiger partial charge >= 0.3 is 5.97 Å². The fraction of sp³-hybridized carbons (Fsp3) is 0.154. The molecule has 0 saturated heterocycles. The minimum absolute atomic E-state index is 0.548. The van der Waals surface area contributed by atoms with Crippen molar-refractivity contribution < 1.29 is 9.90 Å². The van der Waals surface area contributed by atoms with E-state index in [1.54, 1.807) is 13.0 Å². The van der Waals surface area contributed by atoms with Gasteiger partial charge in [-0.05, 0) is 35.4 Å². The molecule has 2 aromatic rings. The molecule has 0 aliphatic heterocycles. The van der Waals surface area contributed by atoms with Gasteiger partial charge in [0.15, 0.2) is 0 Å². The Labute approximate surface area is 93.5 Å². The largest absolute Gasteiger partial charge is 0.481 e. The predicted octanol–water partition coefficient (Wildman–Crippen LogP) is 2.61. The summed E-state index contributed by atoms with van der Waals surface area (Å²) < 4.78 is 0. The molecule has 3 N–H and O–H groups in total. The first-order valence-electron chi connectivity index (χ1n) is 5.10. The Kier molecular flexibility index (Phi) is 2.52. The third kappa shape index (κ3) is 1.72. The quantitative estimate of drug-likeness (QED) is 0.757. The lowest BCUT2D eigenvalue weighted by Gasteiger charge is -2.11. The van der Waals surface area contributed by atoms with Crippen LogP contribution in [-0.2, 0) is 4.79 Å². The molecule has 0 amide bonds. The molecule has 3 heteroatoms. The number of nitrogen functional groups attached to an aromatic ring is 1. The van der Waals surface area contributed by atoms with E-state index in [2.05, 4.69) is 0 Å². The van der Waals surface area contributed by atoms with Crippen LogP contribution < -0.4 is 5.73 Å². The molecule has 0 saturated carbocycles. The SMILES string of the molecule is CC(C(=O)O)c1cc(N)cc2ccccc12. The monoisotopic (exact) mass is 215 g/mol. The number of carbonyl (C=O) groups is 1. The molecule has 0 heterocycles. The van der Waals surface area contributed by atoms with Gasteiger partial charge in [0.1, 0.15) is 0 Å². The molecule has 0 bridgehead atoms. The van der Waals surface area contributed by atoms with Crippen LogP contribution in [0.5, 0.6) is 0 Å². The summed E-state index contributed by atoms with van der Waals surface area (Å²) >= 11 is 0. The summed E-state index contributed by atoms with van der Waals surface area (Å²) in [5.74, 6) is -1.39. The number of rotatable bonds is 2. The zero-order valence-electron chi connectivity index (χ0n) is 8.97. The van der Waals surface area contributed by atoms with Crippen molar-refractivity contribution in [3.63, 3.8) is 0 Å². The number of benzene rings is 2. The van der Waals surface area contributed by atoms with Crippen molar-refractivity contribution in [2.24, 2.45) is 0 Å². The molecule has 0 aromatic heterocycles. The van der Waals surface area contributed by atoms with Crippen LogP contribution in [0, 0.1) is 0 Å². The third-order valence-corrected chi connectivity index (χ3v) is 2.75. The van der Waals surface area contributed by atoms with Crippen molar-refractivity contribution in [1.29, 1.82) is 0 Å². The Morgan fingerprint density at radius 3 is 2.69 bits per heavy atom. The van der Waals surface area contributed by atoms with E-state index in [1.165, 1.54) is 0 Å². The van der Waals surface area contributed by atoms with Gasteiger partial charge in [0.2, 0.25) is 0 Å². The number of hydrogen-bond donors (Lipinski definition) is 2. The Hall–Kier alpha value is -2.03. The summed E-state index contributed by atoms with van der Waals surface area (Å²) in [7, 11) is 0. The summed E-state index contributed by atoms with van der Waals surface area (Å²) in [5, 5.41) is 11.0. The molecule has 3 nitrogen and oxygen atoms in total. The summed E-state index contributed by atoms with van der Waals surface area (Å²) in [5.41, 5.74) is 7.14. The molecular formula is C13H13NO2. The zero-order chi connectivity index (χ0) is 11.7. The summed E-state index contributed by atoms with van der Waals surface area (Å²) in [6.07, 6.45) is 0. The highest BCUT2D eigenvalue weighted by molar-refractivity contribution is 5.92. The maximum Gasteiger partial charge on any atom is 0.310 e. The molecule has 0 spiro atoms. The zero-order valence-corrected chi connectivity index (χ0v) is 8.97. The van der Waals surface area contributed by atoms with Crippen molar-refractivity contribution in [1.82, 2.24) is 0 Å². The number of aliphatic carboxylic acids is 1. The van der Waals surface area contributed by atoms with E-state index in [-0.39, 0.29) is 0 Å². The van der Waals surface area contributed by atoms with Crippen LogP contribution in [0.15, 0.2) is 36.4 Å². The molecule has 2 aromatic carbocycles. The highest BCUT2D eigenvalue weighted by Gasteiger charge is 2.16. The van der Waals surface area contributed by atoms with Crippen molar-refractivity contribution in [2.75, 3.05) is 5.73 Å². The van der Waals surface area contributed by atoms with E-state index in [0.717, 1.165) is 16.3 Å². The van der Waals surface area contributed by atoms with Crippen LogP contribution in [0.3, 0.4) is 0 Å². The van der Waals surface area contributed by atoms with Gasteiger partial charge in [-0.2, -0.15) is 0 Å². The van der Waals surface area contributed by atoms with Gasteiger partial charge in [0.05, 0.1) is 5.92 Å². The molecule has 2 rings (SSSR count). The van der Waals surface area contributed by atoms with Crippen molar-refractivity contribution in [3.05, 3.63) is 42.0 Å². The molecule has 0 fully saturated rings. The highest BCUT2D eigenvalue weighted by Crippen LogP contribution is 2.28. The van der Waals surface area contributed by atoms with E-state index >= 15 is 0 Å². The fourth-order valence-electron chi connectivity index (χ4n) is 1.86. The van der Waals surface area contributed by atoms with E-state index in [0.29, 0.717) is 5.69 Å². The molecular weight excluding hydrogens is 202 g/mol. The Bertz CT molecular complexity index is 549. The van der Waals surface area contributed by atoms with Crippen molar-refractivity contribution in [2.45, 2.75) is 12.8 Å². The topological polar surface area (TPSA) is 63.3 Å². The van der Waals surface area contributed by atoms with Gasteiger partial charge in [-0.1, -0.05) is 24.3 Å². The second-order valence-corrected chi connectivity index (χ2v) is 3.89. The lowest BCUT2D eigenvalue weighted by molar-refractivity contribution is -0.138. The van der Waals surface area contributed by atoms with E-state index in [9.17, 15) is 4.79 Å². The van der Waals surface area contributed by atoms with Crippen LogP contribution in [-0.4, -0.2) is 11.1 Å². The smallest absolute Gasteiger partial charge is 0.310 e. The molecule has 1 unspecified atom stereocenters. The van der Waals surface area contributed by atoms with E-state index in [1.807, 2.05) is 30.3 Å². The first-order valence-corrected chi connectivity index (χ1v) is 5.10. The van der Waals surface area contributed by atoms with E-state index in [4.69, 9.17) is 10.8 Å². The average Bonchev–Trinajstić information content (AvgIpc) is 2.26. The van der Waals surface area contributed by atoms with Crippen LogP contribution >= 0.6 is 0 Å². The normalized spacial score (nSPS) is 12.6. The number of anilines is 1. The van der Waals surface area contributed by atoms with Gasteiger partial charge in [-0.25, -0.2) is 0 Å². The minimum Gasteiger partial charge on any atom is -0.481 e. The molecule has 0 aliphatic rings.